The number of aromatic nitrogens is 2. The number of hydrogen-bond acceptors (Lipinski definition) is 4. The molecule has 3 aromatic carbocycles. The lowest BCUT2D eigenvalue weighted by molar-refractivity contribution is 0.414. The molecule has 33 heavy (non-hydrogen) atoms. The predicted molar refractivity (Wildman–Crippen MR) is 129 cm³/mol. The molecule has 0 fully saturated rings. The van der Waals surface area contributed by atoms with E-state index in [1.165, 1.54) is 12.1 Å². The molecule has 0 unspecified atom stereocenters. The van der Waals surface area contributed by atoms with Crippen molar-refractivity contribution in [3.05, 3.63) is 95.8 Å². The molecule has 0 spiro atoms. The van der Waals surface area contributed by atoms with Crippen molar-refractivity contribution < 1.29 is 9.13 Å². The Labute approximate surface area is 190 Å². The fourth-order valence-electron chi connectivity index (χ4n) is 3.34. The number of halogens is 1. The van der Waals surface area contributed by atoms with Gasteiger partial charge >= 0.3 is 0 Å². The van der Waals surface area contributed by atoms with Crippen LogP contribution in [0.3, 0.4) is 0 Å². The molecule has 1 heterocycles. The second kappa shape index (κ2) is 9.78. The van der Waals surface area contributed by atoms with Gasteiger partial charge in [0.25, 0.3) is 0 Å². The summed E-state index contributed by atoms with van der Waals surface area (Å²) in [4.78, 5) is 0. The largest absolute Gasteiger partial charge is 0.497 e. The van der Waals surface area contributed by atoms with Crippen molar-refractivity contribution in [3.8, 4) is 28.3 Å². The van der Waals surface area contributed by atoms with Crippen LogP contribution in [0.15, 0.2) is 89.1 Å². The highest BCUT2D eigenvalue weighted by Gasteiger charge is 2.12. The van der Waals surface area contributed by atoms with E-state index in [4.69, 9.17) is 21.3 Å². The maximum Gasteiger partial charge on any atom is 0.211 e. The lowest BCUT2D eigenvalue weighted by Crippen LogP contribution is -2.21. The van der Waals surface area contributed by atoms with Crippen LogP contribution in [0.1, 0.15) is 11.1 Å². The Morgan fingerprint density at radius 3 is 2.27 bits per heavy atom. The van der Waals surface area contributed by atoms with E-state index >= 15 is 0 Å². The summed E-state index contributed by atoms with van der Waals surface area (Å²) >= 11 is 0. The van der Waals surface area contributed by atoms with Gasteiger partial charge in [0.1, 0.15) is 11.6 Å². The SMILES string of the molecule is COc1ccc(Cn2nc(-c3ccc(F)cc3)cc2-c2ccc(/C=N/N=C(N)N)cc2)cc1. The molecular weight excluding hydrogens is 419 g/mol. The fraction of sp³-hybridized carbons (Fsp3) is 0.0800. The number of rotatable bonds is 7. The van der Waals surface area contributed by atoms with Gasteiger partial charge in [0.2, 0.25) is 5.96 Å². The predicted octanol–water partition coefficient (Wildman–Crippen LogP) is 4.02. The Morgan fingerprint density at radius 2 is 1.64 bits per heavy atom. The maximum atomic E-state index is 13.4. The Hall–Kier alpha value is -4.46. The number of nitrogens with two attached hydrogens (primary N) is 2. The third-order valence-corrected chi connectivity index (χ3v) is 5.00. The third kappa shape index (κ3) is 5.43. The van der Waals surface area contributed by atoms with Crippen molar-refractivity contribution in [3.63, 3.8) is 0 Å². The number of hydrogen-bond donors (Lipinski definition) is 2. The second-order valence-corrected chi connectivity index (χ2v) is 7.32. The van der Waals surface area contributed by atoms with E-state index in [0.29, 0.717) is 6.54 Å². The number of methoxy groups -OCH3 is 1. The zero-order valence-corrected chi connectivity index (χ0v) is 18.0. The topological polar surface area (TPSA) is 104 Å². The van der Waals surface area contributed by atoms with E-state index in [0.717, 1.165) is 39.4 Å². The first kappa shape index (κ1) is 21.8. The summed E-state index contributed by atoms with van der Waals surface area (Å²) in [6.45, 7) is 0.564. The number of ether oxygens (including phenoxy) is 1. The van der Waals surface area contributed by atoms with Crippen molar-refractivity contribution in [1.29, 1.82) is 0 Å². The van der Waals surface area contributed by atoms with Crippen molar-refractivity contribution in [2.24, 2.45) is 21.7 Å². The minimum absolute atomic E-state index is 0.0985. The molecule has 4 N–H and O–H groups in total. The molecule has 0 aliphatic carbocycles. The molecule has 4 aromatic rings. The van der Waals surface area contributed by atoms with Gasteiger partial charge < -0.3 is 16.2 Å². The van der Waals surface area contributed by atoms with Crippen molar-refractivity contribution in [1.82, 2.24) is 9.78 Å². The molecule has 0 atom stereocenters. The highest BCUT2D eigenvalue weighted by atomic mass is 19.1. The lowest BCUT2D eigenvalue weighted by atomic mass is 10.1. The van der Waals surface area contributed by atoms with Crippen LogP contribution in [0.4, 0.5) is 4.39 Å². The number of nitrogens with zero attached hydrogens (tertiary/aromatic N) is 4. The lowest BCUT2D eigenvalue weighted by Gasteiger charge is -2.09. The quantitative estimate of drug-likeness (QED) is 0.256. The standard InChI is InChI=1S/C25H23FN6O/c1-33-22-12-4-18(5-13-22)16-32-24(14-23(31-32)19-8-10-21(26)11-9-19)20-6-2-17(3-7-20)15-29-30-25(27)28/h2-15H,16H2,1H3,(H4,27,28,30)/b29-15+. The summed E-state index contributed by atoms with van der Waals surface area (Å²) in [5, 5.41) is 12.3. The maximum absolute atomic E-state index is 13.4. The van der Waals surface area contributed by atoms with E-state index in [-0.39, 0.29) is 11.8 Å². The van der Waals surface area contributed by atoms with Gasteiger partial charge in [-0.1, -0.05) is 36.4 Å². The molecule has 0 amide bonds. The molecule has 8 heteroatoms. The Balaban J connectivity index is 1.69. The minimum Gasteiger partial charge on any atom is -0.497 e. The second-order valence-electron chi connectivity index (χ2n) is 7.32. The molecule has 0 bridgehead atoms. The number of guanidine groups is 1. The Bertz CT molecular complexity index is 1270. The van der Waals surface area contributed by atoms with Gasteiger partial charge in [-0.3, -0.25) is 4.68 Å². The van der Waals surface area contributed by atoms with Crippen LogP contribution in [0.25, 0.3) is 22.5 Å². The van der Waals surface area contributed by atoms with Crippen LogP contribution in [-0.2, 0) is 6.54 Å². The van der Waals surface area contributed by atoms with E-state index < -0.39 is 0 Å². The van der Waals surface area contributed by atoms with Crippen molar-refractivity contribution in [2.45, 2.75) is 6.54 Å². The summed E-state index contributed by atoms with van der Waals surface area (Å²) in [5.41, 5.74) is 16.0. The smallest absolute Gasteiger partial charge is 0.211 e. The van der Waals surface area contributed by atoms with Crippen LogP contribution in [0, 0.1) is 5.82 Å². The first-order chi connectivity index (χ1) is 16.0. The molecule has 0 aliphatic rings. The van der Waals surface area contributed by atoms with Crippen LogP contribution < -0.4 is 16.2 Å². The molecule has 0 radical (unpaired) electrons. The molecule has 0 aliphatic heterocycles. The van der Waals surface area contributed by atoms with Crippen LogP contribution >= 0.6 is 0 Å². The summed E-state index contributed by atoms with van der Waals surface area (Å²) in [6, 6.07) is 24.0. The van der Waals surface area contributed by atoms with E-state index in [9.17, 15) is 4.39 Å². The van der Waals surface area contributed by atoms with E-state index in [1.807, 2.05) is 59.3 Å². The zero-order valence-electron chi connectivity index (χ0n) is 18.0. The molecule has 0 saturated heterocycles. The summed E-state index contributed by atoms with van der Waals surface area (Å²) in [5.74, 6) is 0.415. The van der Waals surface area contributed by atoms with Crippen molar-refractivity contribution in [2.75, 3.05) is 7.11 Å². The molecule has 4 rings (SSSR count). The molecular formula is C25H23FN6O. The average Bonchev–Trinajstić information content (AvgIpc) is 3.24. The van der Waals surface area contributed by atoms with Gasteiger partial charge in [-0.15, -0.1) is 5.10 Å². The van der Waals surface area contributed by atoms with Gasteiger partial charge in [0.15, 0.2) is 0 Å². The van der Waals surface area contributed by atoms with Crippen LogP contribution in [0.5, 0.6) is 5.75 Å². The van der Waals surface area contributed by atoms with Crippen LogP contribution in [0.2, 0.25) is 0 Å². The van der Waals surface area contributed by atoms with Crippen molar-refractivity contribution >= 4 is 12.2 Å². The van der Waals surface area contributed by atoms with E-state index in [1.54, 1.807) is 25.5 Å². The molecule has 1 aromatic heterocycles. The normalized spacial score (nSPS) is 11.0. The minimum atomic E-state index is -0.283. The highest BCUT2D eigenvalue weighted by Crippen LogP contribution is 2.27. The average molecular weight is 442 g/mol. The summed E-state index contributed by atoms with van der Waals surface area (Å²) in [6.07, 6.45) is 1.57. The van der Waals surface area contributed by atoms with Gasteiger partial charge in [-0.05, 0) is 59.2 Å². The highest BCUT2D eigenvalue weighted by molar-refractivity contribution is 5.82. The van der Waals surface area contributed by atoms with Crippen LogP contribution in [-0.4, -0.2) is 29.1 Å². The number of benzene rings is 3. The molecule has 7 nitrogen and oxygen atoms in total. The fourth-order valence-corrected chi connectivity index (χ4v) is 3.34. The van der Waals surface area contributed by atoms with E-state index in [2.05, 4.69) is 10.2 Å². The van der Waals surface area contributed by atoms with Gasteiger partial charge in [-0.2, -0.15) is 10.2 Å². The Kier molecular flexibility index (Phi) is 6.45. The third-order valence-electron chi connectivity index (χ3n) is 5.00. The molecule has 166 valence electrons. The molecule has 0 saturated carbocycles. The Morgan fingerprint density at radius 1 is 0.970 bits per heavy atom. The van der Waals surface area contributed by atoms with Gasteiger partial charge in [0, 0.05) is 5.56 Å². The monoisotopic (exact) mass is 442 g/mol. The van der Waals surface area contributed by atoms with Gasteiger partial charge in [-0.25, -0.2) is 4.39 Å². The summed E-state index contributed by atoms with van der Waals surface area (Å²) < 4.78 is 20.6. The zero-order chi connectivity index (χ0) is 23.2. The first-order valence-electron chi connectivity index (χ1n) is 10.2. The summed E-state index contributed by atoms with van der Waals surface area (Å²) in [7, 11) is 1.64. The first-order valence-corrected chi connectivity index (χ1v) is 10.2. The van der Waals surface area contributed by atoms with Gasteiger partial charge in [0.05, 0.1) is 31.3 Å².